The molecule has 1 atom stereocenters. The summed E-state index contributed by atoms with van der Waals surface area (Å²) in [4.78, 5) is 0. The average Bonchev–Trinajstić information content (AvgIpc) is 2.90. The van der Waals surface area contributed by atoms with E-state index in [0.29, 0.717) is 0 Å². The molecule has 1 aliphatic carbocycles. The van der Waals surface area contributed by atoms with Gasteiger partial charge in [0.2, 0.25) is 0 Å². The summed E-state index contributed by atoms with van der Waals surface area (Å²) in [5.74, 6) is 1.73. The molecular formula is C14H18BrN. The zero-order valence-corrected chi connectivity index (χ0v) is 11.1. The van der Waals surface area contributed by atoms with E-state index >= 15 is 0 Å². The first kappa shape index (κ1) is 10.6. The predicted octanol–water partition coefficient (Wildman–Crippen LogP) is 4.54. The van der Waals surface area contributed by atoms with Gasteiger partial charge in [-0.2, -0.15) is 0 Å². The highest BCUT2D eigenvalue weighted by atomic mass is 79.9. The van der Waals surface area contributed by atoms with Gasteiger partial charge >= 0.3 is 0 Å². The number of rotatable bonds is 2. The van der Waals surface area contributed by atoms with Crippen LogP contribution < -0.4 is 5.32 Å². The Kier molecular flexibility index (Phi) is 2.93. The Hall–Kier alpha value is -0.500. The molecule has 3 rings (SSSR count). The molecule has 1 heterocycles. The molecule has 0 radical (unpaired) electrons. The van der Waals surface area contributed by atoms with Gasteiger partial charge in [-0.1, -0.05) is 41.6 Å². The lowest BCUT2D eigenvalue weighted by atomic mass is 9.89. The van der Waals surface area contributed by atoms with Crippen LogP contribution in [0.5, 0.6) is 0 Å². The van der Waals surface area contributed by atoms with Gasteiger partial charge in [-0.05, 0) is 36.1 Å². The second-order valence-electron chi connectivity index (χ2n) is 5.20. The number of benzene rings is 1. The average molecular weight is 280 g/mol. The maximum Gasteiger partial charge on any atom is 0.0377 e. The molecule has 1 aromatic rings. The highest BCUT2D eigenvalue weighted by molar-refractivity contribution is 9.10. The van der Waals surface area contributed by atoms with E-state index < -0.39 is 0 Å². The van der Waals surface area contributed by atoms with Crippen molar-refractivity contribution in [2.45, 2.75) is 38.0 Å². The Morgan fingerprint density at radius 3 is 2.88 bits per heavy atom. The minimum absolute atomic E-state index is 0.746. The third-order valence-corrected chi connectivity index (χ3v) is 4.58. The maximum absolute atomic E-state index is 3.58. The number of nitrogens with one attached hydrogen (secondary N) is 1. The van der Waals surface area contributed by atoms with Crippen LogP contribution in [0.15, 0.2) is 22.7 Å². The number of hydrogen-bond acceptors (Lipinski definition) is 1. The highest BCUT2D eigenvalue weighted by Gasteiger charge is 2.26. The largest absolute Gasteiger partial charge is 0.384 e. The second kappa shape index (κ2) is 4.40. The van der Waals surface area contributed by atoms with Gasteiger partial charge in [-0.3, -0.25) is 0 Å². The molecule has 1 aromatic carbocycles. The van der Waals surface area contributed by atoms with Gasteiger partial charge < -0.3 is 5.32 Å². The van der Waals surface area contributed by atoms with Crippen molar-refractivity contribution >= 4 is 21.6 Å². The standard InChI is InChI=1S/C14H18BrN/c15-12-5-6-14-13(8-12)11(9-16-14)7-10-3-1-2-4-10/h5-6,8,10-11,16H,1-4,7,9H2. The normalized spacial score (nSPS) is 24.4. The molecule has 0 aromatic heterocycles. The smallest absolute Gasteiger partial charge is 0.0377 e. The monoisotopic (exact) mass is 279 g/mol. The topological polar surface area (TPSA) is 12.0 Å². The fraction of sp³-hybridized carbons (Fsp3) is 0.571. The van der Waals surface area contributed by atoms with Crippen molar-refractivity contribution in [1.29, 1.82) is 0 Å². The summed E-state index contributed by atoms with van der Waals surface area (Å²) >= 11 is 3.58. The van der Waals surface area contributed by atoms with E-state index in [1.165, 1.54) is 47.8 Å². The highest BCUT2D eigenvalue weighted by Crippen LogP contribution is 2.40. The van der Waals surface area contributed by atoms with Gasteiger partial charge in [0, 0.05) is 22.6 Å². The summed E-state index contributed by atoms with van der Waals surface area (Å²) in [5, 5.41) is 3.53. The van der Waals surface area contributed by atoms with Crippen LogP contribution in [0, 0.1) is 5.92 Å². The molecule has 0 bridgehead atoms. The Morgan fingerprint density at radius 2 is 2.06 bits per heavy atom. The van der Waals surface area contributed by atoms with E-state index in [0.717, 1.165) is 18.4 Å². The molecule has 0 amide bonds. The lowest BCUT2D eigenvalue weighted by molar-refractivity contribution is 0.460. The first-order valence-electron chi connectivity index (χ1n) is 6.36. The van der Waals surface area contributed by atoms with E-state index in [1.807, 2.05) is 0 Å². The lowest BCUT2D eigenvalue weighted by Gasteiger charge is -2.15. The van der Waals surface area contributed by atoms with Crippen LogP contribution in [-0.2, 0) is 0 Å². The molecule has 1 unspecified atom stereocenters. The molecule has 1 saturated carbocycles. The number of fused-ring (bicyclic) bond motifs is 1. The molecule has 2 aliphatic rings. The Bertz CT molecular complexity index is 382. The van der Waals surface area contributed by atoms with Gasteiger partial charge in [0.15, 0.2) is 0 Å². The Labute approximate surface area is 106 Å². The molecule has 0 saturated heterocycles. The van der Waals surface area contributed by atoms with Gasteiger partial charge in [-0.25, -0.2) is 0 Å². The number of halogens is 1. The van der Waals surface area contributed by atoms with Gasteiger partial charge in [0.05, 0.1) is 0 Å². The zero-order chi connectivity index (χ0) is 11.0. The summed E-state index contributed by atoms with van der Waals surface area (Å²) in [5.41, 5.74) is 2.88. The van der Waals surface area contributed by atoms with Crippen LogP contribution in [0.3, 0.4) is 0 Å². The number of hydrogen-bond donors (Lipinski definition) is 1. The molecule has 2 heteroatoms. The van der Waals surface area contributed by atoms with E-state index in [-0.39, 0.29) is 0 Å². The summed E-state index contributed by atoms with van der Waals surface area (Å²) in [7, 11) is 0. The molecular weight excluding hydrogens is 262 g/mol. The van der Waals surface area contributed by atoms with Crippen molar-refractivity contribution in [2.75, 3.05) is 11.9 Å². The van der Waals surface area contributed by atoms with Crippen molar-refractivity contribution in [1.82, 2.24) is 0 Å². The summed E-state index contributed by atoms with van der Waals surface area (Å²) in [6.07, 6.45) is 7.21. The zero-order valence-electron chi connectivity index (χ0n) is 9.51. The van der Waals surface area contributed by atoms with E-state index in [4.69, 9.17) is 0 Å². The quantitative estimate of drug-likeness (QED) is 0.838. The van der Waals surface area contributed by atoms with Crippen LogP contribution in [0.25, 0.3) is 0 Å². The summed E-state index contributed by atoms with van der Waals surface area (Å²) in [6, 6.07) is 6.63. The first-order valence-corrected chi connectivity index (χ1v) is 7.15. The molecule has 0 spiro atoms. The Morgan fingerprint density at radius 1 is 1.25 bits per heavy atom. The fourth-order valence-electron chi connectivity index (χ4n) is 3.23. The van der Waals surface area contributed by atoms with Crippen LogP contribution in [0.2, 0.25) is 0 Å². The van der Waals surface area contributed by atoms with E-state index in [2.05, 4.69) is 39.4 Å². The minimum atomic E-state index is 0.746. The second-order valence-corrected chi connectivity index (χ2v) is 6.11. The van der Waals surface area contributed by atoms with Crippen molar-refractivity contribution in [3.8, 4) is 0 Å². The first-order chi connectivity index (χ1) is 7.83. The third-order valence-electron chi connectivity index (χ3n) is 4.08. The molecule has 86 valence electrons. The fourth-order valence-corrected chi connectivity index (χ4v) is 3.61. The number of anilines is 1. The van der Waals surface area contributed by atoms with Gasteiger partial charge in [0.25, 0.3) is 0 Å². The van der Waals surface area contributed by atoms with Crippen LogP contribution in [0.4, 0.5) is 5.69 Å². The van der Waals surface area contributed by atoms with Crippen LogP contribution in [-0.4, -0.2) is 6.54 Å². The SMILES string of the molecule is Brc1ccc2c(c1)C(CC1CCCC1)CN2. The van der Waals surface area contributed by atoms with Gasteiger partial charge in [0.1, 0.15) is 0 Å². The minimum Gasteiger partial charge on any atom is -0.384 e. The molecule has 1 nitrogen and oxygen atoms in total. The van der Waals surface area contributed by atoms with Crippen LogP contribution in [0.1, 0.15) is 43.6 Å². The van der Waals surface area contributed by atoms with Crippen molar-refractivity contribution < 1.29 is 0 Å². The molecule has 1 fully saturated rings. The van der Waals surface area contributed by atoms with E-state index in [9.17, 15) is 0 Å². The third kappa shape index (κ3) is 2.00. The summed E-state index contributed by atoms with van der Waals surface area (Å²) < 4.78 is 1.21. The molecule has 1 aliphatic heterocycles. The van der Waals surface area contributed by atoms with E-state index in [1.54, 1.807) is 0 Å². The van der Waals surface area contributed by atoms with Crippen molar-refractivity contribution in [2.24, 2.45) is 5.92 Å². The molecule has 16 heavy (non-hydrogen) atoms. The lowest BCUT2D eigenvalue weighted by Crippen LogP contribution is -2.07. The molecule has 1 N–H and O–H groups in total. The summed E-state index contributed by atoms with van der Waals surface area (Å²) in [6.45, 7) is 1.14. The van der Waals surface area contributed by atoms with Crippen LogP contribution >= 0.6 is 15.9 Å². The van der Waals surface area contributed by atoms with Gasteiger partial charge in [-0.15, -0.1) is 0 Å². The Balaban J connectivity index is 1.77. The maximum atomic E-state index is 3.58. The van der Waals surface area contributed by atoms with Crippen molar-refractivity contribution in [3.63, 3.8) is 0 Å². The van der Waals surface area contributed by atoms with Crippen molar-refractivity contribution in [3.05, 3.63) is 28.2 Å². The predicted molar refractivity (Wildman–Crippen MR) is 71.9 cm³/mol.